The van der Waals surface area contributed by atoms with E-state index >= 15 is 0 Å². The molecule has 2 heterocycles. The Labute approximate surface area is 81.7 Å². The zero-order valence-electron chi connectivity index (χ0n) is 8.10. The van der Waals surface area contributed by atoms with Crippen LogP contribution in [0.1, 0.15) is 25.8 Å². The van der Waals surface area contributed by atoms with Gasteiger partial charge in [-0.2, -0.15) is 0 Å². The smallest absolute Gasteiger partial charge is 0.164 e. The lowest BCUT2D eigenvalue weighted by atomic mass is 10.3. The standard InChI is InChI=1S/C9H12N2O3/c1-9(2)13-5-7(14-9)8-10-3-6(12)4-11-8/h3-4,7,12H,5H2,1-2H3. The Balaban J connectivity index is 2.14. The van der Waals surface area contributed by atoms with Crippen LogP contribution in [0.5, 0.6) is 5.75 Å². The van der Waals surface area contributed by atoms with Gasteiger partial charge in [-0.3, -0.25) is 0 Å². The second-order valence-corrected chi connectivity index (χ2v) is 3.62. The van der Waals surface area contributed by atoms with Crippen LogP contribution in [0, 0.1) is 0 Å². The molecule has 5 heteroatoms. The molecule has 0 radical (unpaired) electrons. The lowest BCUT2D eigenvalue weighted by Gasteiger charge is -2.16. The summed E-state index contributed by atoms with van der Waals surface area (Å²) in [6.07, 6.45) is 2.44. The molecular formula is C9H12N2O3. The summed E-state index contributed by atoms with van der Waals surface area (Å²) >= 11 is 0. The van der Waals surface area contributed by atoms with Crippen LogP contribution in [0.4, 0.5) is 0 Å². The lowest BCUT2D eigenvalue weighted by molar-refractivity contribution is -0.139. The van der Waals surface area contributed by atoms with E-state index in [1.165, 1.54) is 12.4 Å². The van der Waals surface area contributed by atoms with Crippen molar-refractivity contribution in [2.24, 2.45) is 0 Å². The van der Waals surface area contributed by atoms with Crippen molar-refractivity contribution in [1.82, 2.24) is 9.97 Å². The van der Waals surface area contributed by atoms with E-state index < -0.39 is 5.79 Å². The number of aromatic hydroxyl groups is 1. The minimum atomic E-state index is -0.577. The fourth-order valence-electron chi connectivity index (χ4n) is 1.31. The maximum Gasteiger partial charge on any atom is 0.164 e. The van der Waals surface area contributed by atoms with Crippen LogP contribution in [0.3, 0.4) is 0 Å². The van der Waals surface area contributed by atoms with Gasteiger partial charge >= 0.3 is 0 Å². The molecule has 14 heavy (non-hydrogen) atoms. The zero-order chi connectivity index (χ0) is 10.2. The van der Waals surface area contributed by atoms with Crippen LogP contribution >= 0.6 is 0 Å². The van der Waals surface area contributed by atoms with Gasteiger partial charge in [0.25, 0.3) is 0 Å². The molecule has 0 amide bonds. The summed E-state index contributed by atoms with van der Waals surface area (Å²) in [5, 5.41) is 9.01. The summed E-state index contributed by atoms with van der Waals surface area (Å²) in [6, 6.07) is 0. The van der Waals surface area contributed by atoms with Crippen LogP contribution in [0.2, 0.25) is 0 Å². The Bertz CT molecular complexity index is 323. The quantitative estimate of drug-likeness (QED) is 0.726. The molecule has 1 aromatic heterocycles. The molecule has 0 spiro atoms. The van der Waals surface area contributed by atoms with E-state index in [0.717, 1.165) is 0 Å². The molecule has 1 aliphatic heterocycles. The molecule has 2 rings (SSSR count). The average molecular weight is 196 g/mol. The van der Waals surface area contributed by atoms with E-state index in [1.54, 1.807) is 0 Å². The van der Waals surface area contributed by atoms with Gasteiger partial charge in [0.15, 0.2) is 17.4 Å². The Morgan fingerprint density at radius 1 is 1.43 bits per heavy atom. The highest BCUT2D eigenvalue weighted by Gasteiger charge is 2.34. The lowest BCUT2D eigenvalue weighted by Crippen LogP contribution is -2.20. The molecule has 1 atom stereocenters. The Morgan fingerprint density at radius 2 is 2.07 bits per heavy atom. The average Bonchev–Trinajstić information content (AvgIpc) is 2.47. The van der Waals surface area contributed by atoms with E-state index in [0.29, 0.717) is 12.4 Å². The third kappa shape index (κ3) is 1.83. The number of aromatic nitrogens is 2. The molecule has 1 aliphatic rings. The summed E-state index contributed by atoms with van der Waals surface area (Å²) in [5.74, 6) is 0.00614. The van der Waals surface area contributed by atoms with Gasteiger partial charge in [0.1, 0.15) is 6.10 Å². The number of hydrogen-bond donors (Lipinski definition) is 1. The molecule has 5 nitrogen and oxygen atoms in total. The zero-order valence-corrected chi connectivity index (χ0v) is 8.10. The van der Waals surface area contributed by atoms with Gasteiger partial charge in [0, 0.05) is 0 Å². The van der Waals surface area contributed by atoms with Crippen molar-refractivity contribution in [3.8, 4) is 5.75 Å². The monoisotopic (exact) mass is 196 g/mol. The highest BCUT2D eigenvalue weighted by Crippen LogP contribution is 2.30. The third-order valence-electron chi connectivity index (χ3n) is 1.95. The van der Waals surface area contributed by atoms with E-state index in [-0.39, 0.29) is 11.9 Å². The molecule has 0 aliphatic carbocycles. The van der Waals surface area contributed by atoms with Gasteiger partial charge in [0.2, 0.25) is 0 Å². The molecule has 0 bridgehead atoms. The second-order valence-electron chi connectivity index (χ2n) is 3.62. The van der Waals surface area contributed by atoms with Crippen molar-refractivity contribution in [1.29, 1.82) is 0 Å². The summed E-state index contributed by atoms with van der Waals surface area (Å²) in [4.78, 5) is 7.92. The van der Waals surface area contributed by atoms with Crippen LogP contribution in [-0.4, -0.2) is 27.5 Å². The molecule has 76 valence electrons. The first-order chi connectivity index (χ1) is 6.57. The Kier molecular flexibility index (Phi) is 2.13. The largest absolute Gasteiger partial charge is 0.505 e. The first-order valence-electron chi connectivity index (χ1n) is 4.39. The first kappa shape index (κ1) is 9.36. The fourth-order valence-corrected chi connectivity index (χ4v) is 1.31. The molecule has 0 saturated carbocycles. The minimum Gasteiger partial charge on any atom is -0.505 e. The molecule has 1 N–H and O–H groups in total. The van der Waals surface area contributed by atoms with Crippen LogP contribution < -0.4 is 0 Å². The van der Waals surface area contributed by atoms with Gasteiger partial charge < -0.3 is 14.6 Å². The van der Waals surface area contributed by atoms with Gasteiger partial charge in [0.05, 0.1) is 19.0 Å². The molecular weight excluding hydrogens is 184 g/mol. The highest BCUT2D eigenvalue weighted by molar-refractivity contribution is 5.10. The number of hydrogen-bond acceptors (Lipinski definition) is 5. The summed E-state index contributed by atoms with van der Waals surface area (Å²) in [5.41, 5.74) is 0. The van der Waals surface area contributed by atoms with E-state index in [2.05, 4.69) is 9.97 Å². The number of rotatable bonds is 1. The van der Waals surface area contributed by atoms with Crippen molar-refractivity contribution in [2.45, 2.75) is 25.7 Å². The molecule has 1 aromatic rings. The van der Waals surface area contributed by atoms with Crippen molar-refractivity contribution >= 4 is 0 Å². The third-order valence-corrected chi connectivity index (χ3v) is 1.95. The first-order valence-corrected chi connectivity index (χ1v) is 4.39. The van der Waals surface area contributed by atoms with Crippen LogP contribution in [-0.2, 0) is 9.47 Å². The predicted molar refractivity (Wildman–Crippen MR) is 47.6 cm³/mol. The van der Waals surface area contributed by atoms with Crippen LogP contribution in [0.15, 0.2) is 12.4 Å². The minimum absolute atomic E-state index is 0.0481. The molecule has 0 aromatic carbocycles. The predicted octanol–water partition coefficient (Wildman–Crippen LogP) is 1.01. The molecule has 1 saturated heterocycles. The van der Waals surface area contributed by atoms with Crippen molar-refractivity contribution in [2.75, 3.05) is 6.61 Å². The topological polar surface area (TPSA) is 64.5 Å². The summed E-state index contributed by atoms with van der Waals surface area (Å²) in [6.45, 7) is 4.12. The molecule has 1 unspecified atom stereocenters. The SMILES string of the molecule is CC1(C)OCC(c2ncc(O)cn2)O1. The molecule has 1 fully saturated rings. The second kappa shape index (κ2) is 3.18. The number of ether oxygens (including phenoxy) is 2. The fraction of sp³-hybridized carbons (Fsp3) is 0.556. The number of nitrogens with zero attached hydrogens (tertiary/aromatic N) is 2. The van der Waals surface area contributed by atoms with E-state index in [4.69, 9.17) is 14.6 Å². The maximum atomic E-state index is 9.01. The van der Waals surface area contributed by atoms with E-state index in [1.807, 2.05) is 13.8 Å². The van der Waals surface area contributed by atoms with Gasteiger partial charge in [-0.05, 0) is 13.8 Å². The Hall–Kier alpha value is -1.20. The highest BCUT2D eigenvalue weighted by atomic mass is 16.7. The van der Waals surface area contributed by atoms with Crippen LogP contribution in [0.25, 0.3) is 0 Å². The summed E-state index contributed by atoms with van der Waals surface area (Å²) < 4.78 is 10.9. The van der Waals surface area contributed by atoms with Crippen molar-refractivity contribution in [3.63, 3.8) is 0 Å². The van der Waals surface area contributed by atoms with E-state index in [9.17, 15) is 0 Å². The Morgan fingerprint density at radius 3 is 2.57 bits per heavy atom. The van der Waals surface area contributed by atoms with Gasteiger partial charge in [-0.1, -0.05) is 0 Å². The normalized spacial score (nSPS) is 25.1. The van der Waals surface area contributed by atoms with Gasteiger partial charge in [-0.15, -0.1) is 0 Å². The van der Waals surface area contributed by atoms with Gasteiger partial charge in [-0.25, -0.2) is 9.97 Å². The van der Waals surface area contributed by atoms with Crippen molar-refractivity contribution < 1.29 is 14.6 Å². The maximum absolute atomic E-state index is 9.01. The summed E-state index contributed by atoms with van der Waals surface area (Å²) in [7, 11) is 0. The van der Waals surface area contributed by atoms with Crippen molar-refractivity contribution in [3.05, 3.63) is 18.2 Å².